The number of aromatic nitrogens is 6. The number of nitrogens with one attached hydrogen (secondary N) is 1. The zero-order valence-electron chi connectivity index (χ0n) is 12.8. The second kappa shape index (κ2) is 6.04. The van der Waals surface area contributed by atoms with Gasteiger partial charge in [-0.3, -0.25) is 9.89 Å². The van der Waals surface area contributed by atoms with Gasteiger partial charge in [-0.15, -0.1) is 0 Å². The van der Waals surface area contributed by atoms with Crippen molar-refractivity contribution in [1.82, 2.24) is 29.9 Å². The molecule has 3 aromatic heterocycles. The molecule has 24 heavy (non-hydrogen) atoms. The van der Waals surface area contributed by atoms with E-state index < -0.39 is 0 Å². The van der Waals surface area contributed by atoms with E-state index in [9.17, 15) is 4.79 Å². The molecule has 0 atom stereocenters. The number of aromatic amines is 1. The Balaban J connectivity index is 1.71. The van der Waals surface area contributed by atoms with Gasteiger partial charge in [0.2, 0.25) is 0 Å². The molecule has 118 valence electrons. The van der Waals surface area contributed by atoms with Crippen LogP contribution in [-0.4, -0.2) is 29.9 Å². The molecule has 0 spiro atoms. The van der Waals surface area contributed by atoms with Crippen LogP contribution < -0.4 is 5.56 Å². The van der Waals surface area contributed by atoms with Gasteiger partial charge in [-0.1, -0.05) is 18.2 Å². The van der Waals surface area contributed by atoms with E-state index in [1.54, 1.807) is 18.5 Å². The monoisotopic (exact) mass is 318 g/mol. The number of nitrogens with zero attached hydrogens (tertiary/aromatic N) is 5. The van der Waals surface area contributed by atoms with E-state index in [2.05, 4.69) is 25.3 Å². The molecule has 4 rings (SSSR count). The third-order valence-electron chi connectivity index (χ3n) is 3.72. The van der Waals surface area contributed by atoms with Crippen molar-refractivity contribution in [1.29, 1.82) is 0 Å². The van der Waals surface area contributed by atoms with Crippen LogP contribution >= 0.6 is 0 Å². The van der Waals surface area contributed by atoms with E-state index in [0.29, 0.717) is 23.9 Å². The van der Waals surface area contributed by atoms with Crippen LogP contribution in [0.1, 0.15) is 11.5 Å². The first-order valence-corrected chi connectivity index (χ1v) is 7.60. The normalized spacial score (nSPS) is 11.0. The van der Waals surface area contributed by atoms with Gasteiger partial charge in [0.15, 0.2) is 0 Å². The Kier molecular flexibility index (Phi) is 3.59. The average molecular weight is 318 g/mol. The lowest BCUT2D eigenvalue weighted by atomic mass is 10.2. The lowest BCUT2D eigenvalue weighted by molar-refractivity contribution is 0.811. The molecule has 0 saturated carbocycles. The molecule has 7 nitrogen and oxygen atoms in total. The summed E-state index contributed by atoms with van der Waals surface area (Å²) >= 11 is 0. The van der Waals surface area contributed by atoms with Gasteiger partial charge in [0.05, 0.1) is 16.9 Å². The highest BCUT2D eigenvalue weighted by molar-refractivity contribution is 5.76. The SMILES string of the molecule is O=c1cc2[nH]nc(CCc3ncccn3)c2nn1-c1ccccc1. The second-order valence-corrected chi connectivity index (χ2v) is 5.33. The minimum Gasteiger partial charge on any atom is -0.276 e. The fourth-order valence-corrected chi connectivity index (χ4v) is 2.55. The fourth-order valence-electron chi connectivity index (χ4n) is 2.55. The topological polar surface area (TPSA) is 89.3 Å². The molecule has 3 heterocycles. The molecular weight excluding hydrogens is 304 g/mol. The predicted molar refractivity (Wildman–Crippen MR) is 88.9 cm³/mol. The summed E-state index contributed by atoms with van der Waals surface area (Å²) < 4.78 is 1.39. The van der Waals surface area contributed by atoms with E-state index in [4.69, 9.17) is 0 Å². The molecule has 0 radical (unpaired) electrons. The number of hydrogen-bond donors (Lipinski definition) is 1. The van der Waals surface area contributed by atoms with Crippen molar-refractivity contribution in [2.75, 3.05) is 0 Å². The van der Waals surface area contributed by atoms with Gasteiger partial charge in [0.1, 0.15) is 11.3 Å². The summed E-state index contributed by atoms with van der Waals surface area (Å²) in [5.74, 6) is 0.755. The maximum Gasteiger partial charge on any atom is 0.273 e. The Morgan fingerprint density at radius 3 is 2.58 bits per heavy atom. The van der Waals surface area contributed by atoms with E-state index in [0.717, 1.165) is 17.2 Å². The average Bonchev–Trinajstić information content (AvgIpc) is 3.02. The number of para-hydroxylation sites is 1. The molecule has 0 amide bonds. The summed E-state index contributed by atoms with van der Waals surface area (Å²) in [6, 6.07) is 12.6. The van der Waals surface area contributed by atoms with Crippen LogP contribution in [0.2, 0.25) is 0 Å². The molecule has 0 aliphatic rings. The van der Waals surface area contributed by atoms with Gasteiger partial charge in [-0.05, 0) is 18.2 Å². The van der Waals surface area contributed by atoms with Crippen molar-refractivity contribution >= 4 is 11.0 Å². The van der Waals surface area contributed by atoms with E-state index in [1.807, 2.05) is 30.3 Å². The molecule has 0 bridgehead atoms. The van der Waals surface area contributed by atoms with Crippen molar-refractivity contribution in [3.8, 4) is 5.69 Å². The van der Waals surface area contributed by atoms with Crippen LogP contribution in [0.25, 0.3) is 16.7 Å². The molecule has 0 fully saturated rings. The van der Waals surface area contributed by atoms with Crippen LogP contribution in [0.5, 0.6) is 0 Å². The van der Waals surface area contributed by atoms with Crippen molar-refractivity contribution in [3.05, 3.63) is 76.7 Å². The quantitative estimate of drug-likeness (QED) is 0.618. The summed E-state index contributed by atoms with van der Waals surface area (Å²) in [7, 11) is 0. The smallest absolute Gasteiger partial charge is 0.273 e. The van der Waals surface area contributed by atoms with E-state index in [1.165, 1.54) is 10.7 Å². The van der Waals surface area contributed by atoms with Crippen LogP contribution in [0.3, 0.4) is 0 Å². The third-order valence-corrected chi connectivity index (χ3v) is 3.72. The van der Waals surface area contributed by atoms with Gasteiger partial charge < -0.3 is 0 Å². The summed E-state index contributed by atoms with van der Waals surface area (Å²) in [4.78, 5) is 20.7. The van der Waals surface area contributed by atoms with Gasteiger partial charge in [-0.25, -0.2) is 9.97 Å². The molecule has 7 heteroatoms. The molecule has 0 aliphatic heterocycles. The van der Waals surface area contributed by atoms with Gasteiger partial charge >= 0.3 is 0 Å². The zero-order chi connectivity index (χ0) is 16.4. The standard InChI is InChI=1S/C17H14N6O/c24-16-11-14-17(22-23(16)12-5-2-1-3-6-12)13(20-21-14)7-8-15-18-9-4-10-19-15/h1-6,9-11,21H,7-8H2. The second-order valence-electron chi connectivity index (χ2n) is 5.33. The minimum atomic E-state index is -0.199. The van der Waals surface area contributed by atoms with Crippen LogP contribution in [0.15, 0.2) is 59.7 Å². The lowest BCUT2D eigenvalue weighted by Gasteiger charge is -2.04. The van der Waals surface area contributed by atoms with Crippen LogP contribution in [0, 0.1) is 0 Å². The molecule has 4 aromatic rings. The Bertz CT molecular complexity index is 1020. The summed E-state index contributed by atoms with van der Waals surface area (Å²) in [5, 5.41) is 11.7. The molecule has 1 aromatic carbocycles. The molecule has 0 aliphatic carbocycles. The first-order valence-electron chi connectivity index (χ1n) is 7.60. The lowest BCUT2D eigenvalue weighted by Crippen LogP contribution is -2.20. The van der Waals surface area contributed by atoms with Gasteiger partial charge in [0.25, 0.3) is 5.56 Å². The van der Waals surface area contributed by atoms with Crippen molar-refractivity contribution in [3.63, 3.8) is 0 Å². The Morgan fingerprint density at radius 2 is 1.79 bits per heavy atom. The molecular formula is C17H14N6O. The molecule has 0 saturated heterocycles. The first kappa shape index (κ1) is 14.3. The highest BCUT2D eigenvalue weighted by Gasteiger charge is 2.12. The van der Waals surface area contributed by atoms with Crippen molar-refractivity contribution < 1.29 is 0 Å². The van der Waals surface area contributed by atoms with Gasteiger partial charge in [0, 0.05) is 31.3 Å². The number of benzene rings is 1. The minimum absolute atomic E-state index is 0.199. The Labute approximate surface area is 137 Å². The zero-order valence-corrected chi connectivity index (χ0v) is 12.8. The number of hydrogen-bond acceptors (Lipinski definition) is 5. The Morgan fingerprint density at radius 1 is 1.00 bits per heavy atom. The number of fused-ring (bicyclic) bond motifs is 1. The first-order chi connectivity index (χ1) is 11.8. The maximum atomic E-state index is 12.3. The fraction of sp³-hybridized carbons (Fsp3) is 0.118. The Hall–Kier alpha value is -3.35. The largest absolute Gasteiger partial charge is 0.276 e. The number of H-pyrrole nitrogens is 1. The third kappa shape index (κ3) is 2.67. The van der Waals surface area contributed by atoms with Gasteiger partial charge in [-0.2, -0.15) is 14.9 Å². The number of rotatable bonds is 4. The summed E-state index contributed by atoms with van der Waals surface area (Å²) in [5.41, 5.74) is 2.64. The molecule has 1 N–H and O–H groups in total. The van der Waals surface area contributed by atoms with Crippen molar-refractivity contribution in [2.45, 2.75) is 12.8 Å². The van der Waals surface area contributed by atoms with Crippen LogP contribution in [-0.2, 0) is 12.8 Å². The summed E-state index contributed by atoms with van der Waals surface area (Å²) in [6.07, 6.45) is 4.74. The predicted octanol–water partition coefficient (Wildman–Crippen LogP) is 1.68. The number of aryl methyl sites for hydroxylation is 2. The maximum absolute atomic E-state index is 12.3. The van der Waals surface area contributed by atoms with E-state index in [-0.39, 0.29) is 5.56 Å². The van der Waals surface area contributed by atoms with Crippen molar-refractivity contribution in [2.24, 2.45) is 0 Å². The highest BCUT2D eigenvalue weighted by Crippen LogP contribution is 2.14. The van der Waals surface area contributed by atoms with E-state index >= 15 is 0 Å². The summed E-state index contributed by atoms with van der Waals surface area (Å²) in [6.45, 7) is 0. The highest BCUT2D eigenvalue weighted by atomic mass is 16.1. The van der Waals surface area contributed by atoms with Crippen LogP contribution in [0.4, 0.5) is 0 Å². The molecule has 0 unspecified atom stereocenters.